The molecule has 1 atom stereocenters. The van der Waals surface area contributed by atoms with E-state index in [-0.39, 0.29) is 0 Å². The molecule has 2 rings (SSSR count). The maximum Gasteiger partial charge on any atom is 0.0234 e. The minimum Gasteiger partial charge on any atom is -0.308 e. The molecule has 0 aliphatic carbocycles. The van der Waals surface area contributed by atoms with Crippen molar-refractivity contribution in [2.75, 3.05) is 33.7 Å². The van der Waals surface area contributed by atoms with E-state index >= 15 is 0 Å². The SMILES string of the molecule is CC(CN(CCN(C)C)Cc1ccccc1)c1ccccc1. The van der Waals surface area contributed by atoms with Gasteiger partial charge in [0.25, 0.3) is 0 Å². The molecule has 0 saturated heterocycles. The summed E-state index contributed by atoms with van der Waals surface area (Å²) >= 11 is 0. The van der Waals surface area contributed by atoms with Crippen LogP contribution in [0.5, 0.6) is 0 Å². The molecule has 0 heterocycles. The standard InChI is InChI=1S/C20H28N2/c1-18(20-12-8-5-9-13-20)16-22(15-14-21(2)3)17-19-10-6-4-7-11-19/h4-13,18H,14-17H2,1-3H3. The molecule has 0 saturated carbocycles. The highest BCUT2D eigenvalue weighted by atomic mass is 15.2. The summed E-state index contributed by atoms with van der Waals surface area (Å²) < 4.78 is 0. The highest BCUT2D eigenvalue weighted by Crippen LogP contribution is 2.17. The molecule has 118 valence electrons. The smallest absolute Gasteiger partial charge is 0.0234 e. The van der Waals surface area contributed by atoms with Crippen molar-refractivity contribution in [3.05, 3.63) is 71.8 Å². The van der Waals surface area contributed by atoms with Crippen molar-refractivity contribution in [3.8, 4) is 0 Å². The fourth-order valence-corrected chi connectivity index (χ4v) is 2.69. The van der Waals surface area contributed by atoms with E-state index in [9.17, 15) is 0 Å². The van der Waals surface area contributed by atoms with Crippen molar-refractivity contribution in [2.45, 2.75) is 19.4 Å². The predicted octanol–water partition coefficient (Wildman–Crippen LogP) is 3.85. The Morgan fingerprint density at radius 2 is 1.41 bits per heavy atom. The van der Waals surface area contributed by atoms with Crippen molar-refractivity contribution in [1.82, 2.24) is 9.80 Å². The van der Waals surface area contributed by atoms with Gasteiger partial charge in [0.05, 0.1) is 0 Å². The van der Waals surface area contributed by atoms with Crippen molar-refractivity contribution < 1.29 is 0 Å². The Labute approximate surface area is 135 Å². The molecular weight excluding hydrogens is 268 g/mol. The molecular formula is C20H28N2. The first-order chi connectivity index (χ1) is 10.6. The van der Waals surface area contributed by atoms with Gasteiger partial charge in [0, 0.05) is 26.2 Å². The molecule has 0 aliphatic rings. The lowest BCUT2D eigenvalue weighted by molar-refractivity contribution is 0.224. The summed E-state index contributed by atoms with van der Waals surface area (Å²) in [6, 6.07) is 21.6. The molecule has 0 aromatic heterocycles. The lowest BCUT2D eigenvalue weighted by atomic mass is 10.0. The minimum atomic E-state index is 0.548. The van der Waals surface area contributed by atoms with Gasteiger partial charge in [-0.1, -0.05) is 67.6 Å². The zero-order valence-electron chi connectivity index (χ0n) is 14.1. The quantitative estimate of drug-likeness (QED) is 0.730. The van der Waals surface area contributed by atoms with Gasteiger partial charge in [0.1, 0.15) is 0 Å². The van der Waals surface area contributed by atoms with Crippen LogP contribution >= 0.6 is 0 Å². The van der Waals surface area contributed by atoms with E-state index in [1.807, 2.05) is 0 Å². The van der Waals surface area contributed by atoms with E-state index in [0.29, 0.717) is 5.92 Å². The first kappa shape index (κ1) is 16.7. The number of nitrogens with zero attached hydrogens (tertiary/aromatic N) is 2. The Morgan fingerprint density at radius 3 is 2.00 bits per heavy atom. The average molecular weight is 296 g/mol. The highest BCUT2D eigenvalue weighted by molar-refractivity contribution is 5.19. The fraction of sp³-hybridized carbons (Fsp3) is 0.400. The molecule has 0 amide bonds. The zero-order valence-corrected chi connectivity index (χ0v) is 14.1. The van der Waals surface area contributed by atoms with Gasteiger partial charge < -0.3 is 4.90 Å². The van der Waals surface area contributed by atoms with Gasteiger partial charge >= 0.3 is 0 Å². The van der Waals surface area contributed by atoms with Crippen molar-refractivity contribution in [3.63, 3.8) is 0 Å². The van der Waals surface area contributed by atoms with Crippen molar-refractivity contribution in [2.24, 2.45) is 0 Å². The molecule has 1 unspecified atom stereocenters. The highest BCUT2D eigenvalue weighted by Gasteiger charge is 2.12. The van der Waals surface area contributed by atoms with Crippen LogP contribution in [-0.2, 0) is 6.54 Å². The minimum absolute atomic E-state index is 0.548. The fourth-order valence-electron chi connectivity index (χ4n) is 2.69. The predicted molar refractivity (Wildman–Crippen MR) is 95.1 cm³/mol. The largest absolute Gasteiger partial charge is 0.308 e. The van der Waals surface area contributed by atoms with E-state index in [2.05, 4.69) is 91.5 Å². The van der Waals surface area contributed by atoms with Crippen LogP contribution in [0.3, 0.4) is 0 Å². The zero-order chi connectivity index (χ0) is 15.8. The maximum atomic E-state index is 2.56. The molecule has 0 bridgehead atoms. The van der Waals surface area contributed by atoms with Crippen LogP contribution in [-0.4, -0.2) is 43.5 Å². The molecule has 0 N–H and O–H groups in total. The van der Waals surface area contributed by atoms with Crippen LogP contribution in [0.4, 0.5) is 0 Å². The maximum absolute atomic E-state index is 2.56. The second kappa shape index (κ2) is 8.72. The van der Waals surface area contributed by atoms with E-state index < -0.39 is 0 Å². The average Bonchev–Trinajstić information content (AvgIpc) is 2.54. The summed E-state index contributed by atoms with van der Waals surface area (Å²) in [6.07, 6.45) is 0. The Balaban J connectivity index is 2.00. The van der Waals surface area contributed by atoms with Gasteiger partial charge in [0.2, 0.25) is 0 Å². The van der Waals surface area contributed by atoms with E-state index in [0.717, 1.165) is 26.2 Å². The number of hydrogen-bond acceptors (Lipinski definition) is 2. The summed E-state index contributed by atoms with van der Waals surface area (Å²) in [4.78, 5) is 4.82. The lowest BCUT2D eigenvalue weighted by Crippen LogP contribution is -2.34. The van der Waals surface area contributed by atoms with Gasteiger partial charge in [-0.05, 0) is 31.1 Å². The van der Waals surface area contributed by atoms with E-state index in [1.165, 1.54) is 11.1 Å². The van der Waals surface area contributed by atoms with Gasteiger partial charge in [0.15, 0.2) is 0 Å². The Bertz CT molecular complexity index is 522. The van der Waals surface area contributed by atoms with Crippen LogP contribution in [0.25, 0.3) is 0 Å². The van der Waals surface area contributed by atoms with Crippen molar-refractivity contribution in [1.29, 1.82) is 0 Å². The lowest BCUT2D eigenvalue weighted by Gasteiger charge is -2.27. The molecule has 0 fully saturated rings. The van der Waals surface area contributed by atoms with Gasteiger partial charge in [-0.3, -0.25) is 4.90 Å². The number of rotatable bonds is 8. The number of likely N-dealkylation sites (N-methyl/N-ethyl adjacent to an activating group) is 1. The van der Waals surface area contributed by atoms with E-state index in [1.54, 1.807) is 0 Å². The first-order valence-electron chi connectivity index (χ1n) is 8.11. The monoisotopic (exact) mass is 296 g/mol. The third-order valence-electron chi connectivity index (χ3n) is 4.01. The summed E-state index contributed by atoms with van der Waals surface area (Å²) in [5, 5.41) is 0. The molecule has 0 spiro atoms. The third-order valence-corrected chi connectivity index (χ3v) is 4.01. The number of hydrogen-bond donors (Lipinski definition) is 0. The van der Waals surface area contributed by atoms with Crippen LogP contribution < -0.4 is 0 Å². The molecule has 0 aliphatic heterocycles. The van der Waals surface area contributed by atoms with Crippen LogP contribution in [0, 0.1) is 0 Å². The normalized spacial score (nSPS) is 12.8. The summed E-state index contributed by atoms with van der Waals surface area (Å²) in [5.41, 5.74) is 2.81. The number of benzene rings is 2. The van der Waals surface area contributed by atoms with Crippen LogP contribution in [0.2, 0.25) is 0 Å². The van der Waals surface area contributed by atoms with Gasteiger partial charge in [-0.15, -0.1) is 0 Å². The van der Waals surface area contributed by atoms with Gasteiger partial charge in [-0.25, -0.2) is 0 Å². The topological polar surface area (TPSA) is 6.48 Å². The molecule has 0 radical (unpaired) electrons. The summed E-state index contributed by atoms with van der Waals surface area (Å²) in [6.45, 7) is 6.62. The first-order valence-corrected chi connectivity index (χ1v) is 8.11. The van der Waals surface area contributed by atoms with Crippen LogP contribution in [0.1, 0.15) is 24.0 Å². The summed E-state index contributed by atoms with van der Waals surface area (Å²) in [7, 11) is 4.28. The van der Waals surface area contributed by atoms with Crippen molar-refractivity contribution >= 4 is 0 Å². The third kappa shape index (κ3) is 5.63. The molecule has 2 nitrogen and oxygen atoms in total. The van der Waals surface area contributed by atoms with Gasteiger partial charge in [-0.2, -0.15) is 0 Å². The molecule has 22 heavy (non-hydrogen) atoms. The Kier molecular flexibility index (Phi) is 6.63. The molecule has 2 aromatic carbocycles. The summed E-state index contributed by atoms with van der Waals surface area (Å²) in [5.74, 6) is 0.548. The molecule has 2 aromatic rings. The Hall–Kier alpha value is -1.64. The second-order valence-corrected chi connectivity index (χ2v) is 6.34. The molecule has 2 heteroatoms. The second-order valence-electron chi connectivity index (χ2n) is 6.34. The van der Waals surface area contributed by atoms with E-state index in [4.69, 9.17) is 0 Å². The Morgan fingerprint density at radius 1 is 0.818 bits per heavy atom. The van der Waals surface area contributed by atoms with Crippen LogP contribution in [0.15, 0.2) is 60.7 Å².